The Balaban J connectivity index is 1.21. The molecule has 58 heavy (non-hydrogen) atoms. The van der Waals surface area contributed by atoms with Crippen molar-refractivity contribution in [2.75, 3.05) is 13.7 Å². The largest absolute Gasteiger partial charge is 0.497 e. The number of carbonyl (C=O) groups excluding carboxylic acids is 4. The molecule has 1 aliphatic heterocycles. The number of hydrogen-bond donors (Lipinski definition) is 3. The van der Waals surface area contributed by atoms with Crippen molar-refractivity contribution in [1.82, 2.24) is 25.2 Å². The van der Waals surface area contributed by atoms with E-state index in [2.05, 4.69) is 21.9 Å². The maximum Gasteiger partial charge on any atom is 0.408 e. The minimum Gasteiger partial charge on any atom is -0.497 e. The molecule has 1 saturated heterocycles. The Morgan fingerprint density at radius 1 is 1.00 bits per heavy atom. The second-order valence-corrected chi connectivity index (χ2v) is 18.9. The minimum atomic E-state index is -3.95. The molecule has 3 saturated carbocycles. The second-order valence-electron chi connectivity index (χ2n) is 16.9. The number of aromatic nitrogens is 1. The van der Waals surface area contributed by atoms with Gasteiger partial charge in [-0.3, -0.25) is 19.1 Å². The maximum absolute atomic E-state index is 14.8. The Morgan fingerprint density at radius 3 is 2.34 bits per heavy atom. The molecule has 3 aliphatic carbocycles. The van der Waals surface area contributed by atoms with E-state index in [1.807, 2.05) is 48.5 Å². The summed E-state index contributed by atoms with van der Waals surface area (Å²) in [6.45, 7) is 9.02. The second kappa shape index (κ2) is 16.2. The van der Waals surface area contributed by atoms with Gasteiger partial charge in [0.1, 0.15) is 40.8 Å². The first-order valence-electron chi connectivity index (χ1n) is 20.1. The molecule has 1 aromatic heterocycles. The van der Waals surface area contributed by atoms with Crippen LogP contribution in [0.5, 0.6) is 11.5 Å². The Bertz CT molecular complexity index is 2180. The minimum absolute atomic E-state index is 0.0169. The van der Waals surface area contributed by atoms with Gasteiger partial charge in [0.2, 0.25) is 21.8 Å². The number of likely N-dealkylation sites (tertiary alicyclic amines) is 1. The molecule has 7 rings (SSSR count). The number of fused-ring (bicyclic) bond motifs is 1. The summed E-state index contributed by atoms with van der Waals surface area (Å²) in [6, 6.07) is 14.8. The van der Waals surface area contributed by atoms with Crippen molar-refractivity contribution in [2.24, 2.45) is 11.8 Å². The summed E-state index contributed by atoms with van der Waals surface area (Å²) in [5.74, 6) is -1.57. The normalized spacial score (nSPS) is 24.0. The molecule has 3 aromatic rings. The van der Waals surface area contributed by atoms with Crippen molar-refractivity contribution in [3.63, 3.8) is 0 Å². The van der Waals surface area contributed by atoms with Gasteiger partial charge in [0.15, 0.2) is 0 Å². The fraction of sp³-hybridized carbons (Fsp3) is 0.512. The van der Waals surface area contributed by atoms with Crippen LogP contribution in [0.3, 0.4) is 0 Å². The van der Waals surface area contributed by atoms with E-state index >= 15 is 0 Å². The molecule has 14 nitrogen and oxygen atoms in total. The summed E-state index contributed by atoms with van der Waals surface area (Å²) < 4.78 is 46.1. The van der Waals surface area contributed by atoms with Gasteiger partial charge in [0.05, 0.1) is 30.1 Å². The fourth-order valence-corrected chi connectivity index (χ4v) is 9.88. The SMILES string of the molecule is C=C[C@@H]1C[C@]1(NC(=O)[C@@H]1C[C@@H](Oc2cc(-c3ccccc3)nc3cc(OC)ccc23)CN1C(=O)[C@@H](NC(=O)OC(C)(C)C)C1CCCC1)C(=O)NS(=O)(=O)C1CCC1. The zero-order chi connectivity index (χ0) is 41.4. The van der Waals surface area contributed by atoms with Gasteiger partial charge < -0.3 is 29.7 Å². The first kappa shape index (κ1) is 41.0. The molecule has 310 valence electrons. The summed E-state index contributed by atoms with van der Waals surface area (Å²) in [5.41, 5.74) is -0.255. The number of hydrogen-bond acceptors (Lipinski definition) is 10. The van der Waals surface area contributed by atoms with Crippen molar-refractivity contribution >= 4 is 44.7 Å². The number of rotatable bonds is 13. The molecule has 4 fully saturated rings. The number of pyridine rings is 1. The van der Waals surface area contributed by atoms with Gasteiger partial charge in [0, 0.05) is 35.4 Å². The van der Waals surface area contributed by atoms with Gasteiger partial charge >= 0.3 is 6.09 Å². The lowest BCUT2D eigenvalue weighted by Gasteiger charge is -2.32. The first-order valence-corrected chi connectivity index (χ1v) is 21.7. The van der Waals surface area contributed by atoms with Gasteiger partial charge in [-0.25, -0.2) is 18.2 Å². The molecule has 0 spiro atoms. The lowest BCUT2D eigenvalue weighted by molar-refractivity contribution is -0.142. The maximum atomic E-state index is 14.8. The highest BCUT2D eigenvalue weighted by Crippen LogP contribution is 2.46. The summed E-state index contributed by atoms with van der Waals surface area (Å²) in [6.07, 6.45) is 5.10. The fourth-order valence-electron chi connectivity index (χ4n) is 8.32. The topological polar surface area (TPSA) is 182 Å². The van der Waals surface area contributed by atoms with Gasteiger partial charge in [-0.15, -0.1) is 6.58 Å². The third kappa shape index (κ3) is 8.64. The highest BCUT2D eigenvalue weighted by molar-refractivity contribution is 7.90. The third-order valence-corrected chi connectivity index (χ3v) is 13.6. The molecule has 4 amide bonds. The molecular formula is C43H53N5O9S. The van der Waals surface area contributed by atoms with Crippen LogP contribution in [0.2, 0.25) is 0 Å². The number of methoxy groups -OCH3 is 1. The van der Waals surface area contributed by atoms with Gasteiger partial charge in [0.25, 0.3) is 5.91 Å². The van der Waals surface area contributed by atoms with Crippen LogP contribution in [0.15, 0.2) is 67.3 Å². The summed E-state index contributed by atoms with van der Waals surface area (Å²) in [7, 11) is -2.37. The molecular weight excluding hydrogens is 763 g/mol. The standard InChI is InChI=1S/C43H53N5O9S/c1-6-28-24-43(28,40(51)47-58(53,54)31-17-12-18-31)46-38(49)35-22-30(25-48(35)39(50)37(27-15-10-11-16-27)45-41(52)57-42(2,3)4)56-36-23-33(26-13-8-7-9-14-26)44-34-21-29(55-5)19-20-32(34)36/h6-9,13-14,19-21,23,27-28,30-31,35,37H,1,10-12,15-18,22,24-25H2,2-5H3,(H,45,52)(H,46,49)(H,47,51)/t28-,30-,35+,37+,43-/m1/s1. The van der Waals surface area contributed by atoms with Gasteiger partial charge in [-0.1, -0.05) is 55.7 Å². The number of nitrogens with zero attached hydrogens (tertiary/aromatic N) is 2. The number of benzene rings is 2. The number of nitrogens with one attached hydrogen (secondary N) is 3. The van der Waals surface area contributed by atoms with Crippen LogP contribution in [0.25, 0.3) is 22.2 Å². The van der Waals surface area contributed by atoms with Crippen LogP contribution in [0, 0.1) is 11.8 Å². The average Bonchev–Trinajstić information content (AvgIpc) is 3.43. The lowest BCUT2D eigenvalue weighted by atomic mass is 9.96. The molecule has 3 N–H and O–H groups in total. The van der Waals surface area contributed by atoms with E-state index in [0.29, 0.717) is 53.8 Å². The van der Waals surface area contributed by atoms with Crippen molar-refractivity contribution in [2.45, 2.75) is 113 Å². The van der Waals surface area contributed by atoms with Crippen molar-refractivity contribution in [3.8, 4) is 22.8 Å². The number of amides is 4. The number of sulfonamides is 1. The molecule has 15 heteroatoms. The molecule has 4 aliphatic rings. The molecule has 0 bridgehead atoms. The van der Waals surface area contributed by atoms with Crippen LogP contribution < -0.4 is 24.8 Å². The summed E-state index contributed by atoms with van der Waals surface area (Å²) >= 11 is 0. The monoisotopic (exact) mass is 815 g/mol. The van der Waals surface area contributed by atoms with E-state index in [9.17, 15) is 27.6 Å². The number of alkyl carbamates (subject to hydrolysis) is 1. The van der Waals surface area contributed by atoms with Crippen LogP contribution in [-0.2, 0) is 29.1 Å². The van der Waals surface area contributed by atoms with Crippen LogP contribution in [0.1, 0.15) is 78.6 Å². The zero-order valence-corrected chi connectivity index (χ0v) is 34.3. The molecule has 0 radical (unpaired) electrons. The van der Waals surface area contributed by atoms with Crippen molar-refractivity contribution in [3.05, 3.63) is 67.3 Å². The van der Waals surface area contributed by atoms with E-state index in [0.717, 1.165) is 24.8 Å². The Labute approximate surface area is 339 Å². The highest BCUT2D eigenvalue weighted by Gasteiger charge is 2.62. The summed E-state index contributed by atoms with van der Waals surface area (Å²) in [4.78, 5) is 62.6. The van der Waals surface area contributed by atoms with Crippen LogP contribution >= 0.6 is 0 Å². The predicted molar refractivity (Wildman–Crippen MR) is 217 cm³/mol. The Kier molecular flexibility index (Phi) is 11.5. The van der Waals surface area contributed by atoms with Crippen LogP contribution in [0.4, 0.5) is 4.79 Å². The Morgan fingerprint density at radius 2 is 1.72 bits per heavy atom. The molecule has 2 heterocycles. The highest BCUT2D eigenvalue weighted by atomic mass is 32.2. The average molecular weight is 816 g/mol. The third-order valence-electron chi connectivity index (χ3n) is 11.8. The molecule has 2 aromatic carbocycles. The first-order chi connectivity index (χ1) is 27.6. The van der Waals surface area contributed by atoms with Gasteiger partial charge in [-0.05, 0) is 70.9 Å². The Hall–Kier alpha value is -5.18. The van der Waals surface area contributed by atoms with E-state index in [1.165, 1.54) is 11.0 Å². The zero-order valence-electron chi connectivity index (χ0n) is 33.5. The molecule has 0 unspecified atom stereocenters. The lowest BCUT2D eigenvalue weighted by Crippen LogP contribution is -2.59. The van der Waals surface area contributed by atoms with Crippen molar-refractivity contribution in [1.29, 1.82) is 0 Å². The van der Waals surface area contributed by atoms with Crippen LogP contribution in [-0.4, -0.2) is 90.3 Å². The van der Waals surface area contributed by atoms with E-state index in [4.69, 9.17) is 19.2 Å². The summed E-state index contributed by atoms with van der Waals surface area (Å²) in [5, 5.41) is 5.72. The van der Waals surface area contributed by atoms with E-state index in [1.54, 1.807) is 33.9 Å². The van der Waals surface area contributed by atoms with E-state index < -0.39 is 74.3 Å². The quantitative estimate of drug-likeness (QED) is 0.189. The van der Waals surface area contributed by atoms with Gasteiger partial charge in [-0.2, -0.15) is 0 Å². The van der Waals surface area contributed by atoms with Crippen molar-refractivity contribution < 1.29 is 41.8 Å². The number of carbonyl (C=O) groups is 4. The predicted octanol–water partition coefficient (Wildman–Crippen LogP) is 5.40. The number of ether oxygens (including phenoxy) is 3. The van der Waals surface area contributed by atoms with E-state index in [-0.39, 0.29) is 25.3 Å². The molecule has 5 atom stereocenters. The smallest absolute Gasteiger partial charge is 0.408 e.